The molecule has 0 atom stereocenters. The number of nitrogens with one attached hydrogen (secondary N) is 2. The zero-order chi connectivity index (χ0) is 20.6. The lowest BCUT2D eigenvalue weighted by atomic mass is 10.2. The molecule has 0 saturated carbocycles. The van der Waals surface area contributed by atoms with Gasteiger partial charge in [-0.05, 0) is 36.8 Å². The van der Waals surface area contributed by atoms with Crippen molar-refractivity contribution in [3.8, 4) is 11.5 Å². The summed E-state index contributed by atoms with van der Waals surface area (Å²) >= 11 is 12.1. The van der Waals surface area contributed by atoms with Gasteiger partial charge in [-0.15, -0.1) is 0 Å². The Morgan fingerprint density at radius 1 is 1.17 bits per heavy atom. The highest BCUT2D eigenvalue weighted by Crippen LogP contribution is 2.29. The van der Waals surface area contributed by atoms with Crippen LogP contribution in [0.5, 0.6) is 11.5 Å². The van der Waals surface area contributed by atoms with Crippen molar-refractivity contribution in [2.24, 2.45) is 5.10 Å². The first-order chi connectivity index (χ1) is 14.1. The van der Waals surface area contributed by atoms with Crippen LogP contribution in [0, 0.1) is 0 Å². The molecule has 0 unspecified atom stereocenters. The van der Waals surface area contributed by atoms with Crippen LogP contribution in [-0.2, 0) is 6.61 Å². The molecule has 0 fully saturated rings. The van der Waals surface area contributed by atoms with Crippen molar-refractivity contribution in [1.82, 2.24) is 10.2 Å². The number of hydrazone groups is 1. The molecule has 3 aromatic rings. The number of hydrogen-bond donors (Lipinski definition) is 2. The minimum absolute atomic E-state index is 0.0181. The van der Waals surface area contributed by atoms with Crippen molar-refractivity contribution in [3.63, 3.8) is 0 Å². The average Bonchev–Trinajstić information content (AvgIpc) is 2.72. The van der Waals surface area contributed by atoms with Gasteiger partial charge in [0.25, 0.3) is 5.56 Å². The fourth-order valence-electron chi connectivity index (χ4n) is 2.40. The summed E-state index contributed by atoms with van der Waals surface area (Å²) in [6, 6.07) is 12.9. The molecular formula is C20H18Cl2N4O3. The van der Waals surface area contributed by atoms with Crippen molar-refractivity contribution in [2.75, 3.05) is 12.0 Å². The maximum absolute atomic E-state index is 11.4. The highest BCUT2D eigenvalue weighted by atomic mass is 35.5. The van der Waals surface area contributed by atoms with E-state index in [9.17, 15) is 4.79 Å². The fraction of sp³-hybridized carbons (Fsp3) is 0.150. The van der Waals surface area contributed by atoms with E-state index in [0.29, 0.717) is 35.4 Å². The minimum Gasteiger partial charge on any atom is -0.490 e. The number of halogens is 2. The van der Waals surface area contributed by atoms with Crippen molar-refractivity contribution >= 4 is 35.1 Å². The first-order valence-corrected chi connectivity index (χ1v) is 9.49. The molecule has 150 valence electrons. The molecule has 1 aromatic heterocycles. The molecule has 0 aliphatic carbocycles. The molecule has 0 spiro atoms. The third kappa shape index (κ3) is 5.49. The maximum Gasteiger partial charge on any atom is 0.285 e. The number of aromatic nitrogens is 2. The average molecular weight is 433 g/mol. The molecule has 2 N–H and O–H groups in total. The van der Waals surface area contributed by atoms with Crippen LogP contribution in [0.4, 0.5) is 5.69 Å². The summed E-state index contributed by atoms with van der Waals surface area (Å²) in [7, 11) is 0. The van der Waals surface area contributed by atoms with E-state index in [1.807, 2.05) is 37.3 Å². The van der Waals surface area contributed by atoms with Crippen LogP contribution >= 0.6 is 23.2 Å². The van der Waals surface area contributed by atoms with Crippen LogP contribution in [0.3, 0.4) is 0 Å². The number of nitrogens with zero attached hydrogens (tertiary/aromatic N) is 2. The second-order valence-corrected chi connectivity index (χ2v) is 6.60. The van der Waals surface area contributed by atoms with Gasteiger partial charge in [-0.3, -0.25) is 10.2 Å². The Balaban J connectivity index is 1.72. The van der Waals surface area contributed by atoms with Gasteiger partial charge in [0.1, 0.15) is 17.3 Å². The largest absolute Gasteiger partial charge is 0.490 e. The number of rotatable bonds is 8. The lowest BCUT2D eigenvalue weighted by molar-refractivity contribution is 0.269. The first kappa shape index (κ1) is 20.7. The van der Waals surface area contributed by atoms with E-state index >= 15 is 0 Å². The normalized spacial score (nSPS) is 10.9. The Kier molecular flexibility index (Phi) is 7.10. The third-order valence-electron chi connectivity index (χ3n) is 3.80. The van der Waals surface area contributed by atoms with Crippen LogP contribution < -0.4 is 20.5 Å². The number of ether oxygens (including phenoxy) is 2. The molecule has 0 bridgehead atoms. The summed E-state index contributed by atoms with van der Waals surface area (Å²) in [6.07, 6.45) is 2.94. The zero-order valence-corrected chi connectivity index (χ0v) is 17.0. The Bertz CT molecular complexity index is 1070. The first-order valence-electron chi connectivity index (χ1n) is 8.73. The lowest BCUT2D eigenvalue weighted by Crippen LogP contribution is -2.10. The molecule has 7 nitrogen and oxygen atoms in total. The smallest absolute Gasteiger partial charge is 0.285 e. The van der Waals surface area contributed by atoms with Crippen LogP contribution in [0.2, 0.25) is 10.0 Å². The molecular weight excluding hydrogens is 415 g/mol. The summed E-state index contributed by atoms with van der Waals surface area (Å²) in [5.41, 5.74) is 4.14. The summed E-state index contributed by atoms with van der Waals surface area (Å²) in [6.45, 7) is 2.69. The van der Waals surface area contributed by atoms with Gasteiger partial charge in [0.15, 0.2) is 11.5 Å². The number of benzene rings is 2. The SMILES string of the molecule is CCOc1cc(/C=N/Nc2cn[nH]c(=O)c2Cl)ccc1OCc1ccccc1Cl. The van der Waals surface area contributed by atoms with Gasteiger partial charge in [-0.1, -0.05) is 41.4 Å². The van der Waals surface area contributed by atoms with E-state index < -0.39 is 5.56 Å². The summed E-state index contributed by atoms with van der Waals surface area (Å²) < 4.78 is 11.6. The predicted molar refractivity (Wildman–Crippen MR) is 114 cm³/mol. The van der Waals surface area contributed by atoms with Crippen LogP contribution in [-0.4, -0.2) is 23.0 Å². The van der Waals surface area contributed by atoms with Crippen molar-refractivity contribution in [2.45, 2.75) is 13.5 Å². The number of H-pyrrole nitrogens is 1. The molecule has 3 rings (SSSR count). The second-order valence-electron chi connectivity index (χ2n) is 5.82. The van der Waals surface area contributed by atoms with Crippen molar-refractivity contribution in [1.29, 1.82) is 0 Å². The van der Waals surface area contributed by atoms with Crippen LogP contribution in [0.15, 0.2) is 58.6 Å². The van der Waals surface area contributed by atoms with Gasteiger partial charge in [-0.25, -0.2) is 5.10 Å². The van der Waals surface area contributed by atoms with E-state index in [0.717, 1.165) is 11.1 Å². The predicted octanol–water partition coefficient (Wildman–Crippen LogP) is 4.50. The number of anilines is 1. The third-order valence-corrected chi connectivity index (χ3v) is 4.55. The summed E-state index contributed by atoms with van der Waals surface area (Å²) in [4.78, 5) is 11.4. The molecule has 2 aromatic carbocycles. The summed E-state index contributed by atoms with van der Waals surface area (Å²) in [5.74, 6) is 1.18. The molecule has 1 heterocycles. The van der Waals surface area contributed by atoms with E-state index in [4.69, 9.17) is 32.7 Å². The Morgan fingerprint density at radius 2 is 2.00 bits per heavy atom. The standard InChI is InChI=1S/C20H18Cl2N4O3/c1-2-28-18-9-13(10-23-25-16-11-24-26-20(27)19(16)22)7-8-17(18)29-12-14-5-3-4-6-15(14)21/h3-11H,2,12H2,1H3,(H2,25,26,27)/b23-10+. The lowest BCUT2D eigenvalue weighted by Gasteiger charge is -2.13. The van der Waals surface area contributed by atoms with Gasteiger partial charge in [-0.2, -0.15) is 10.2 Å². The highest BCUT2D eigenvalue weighted by Gasteiger charge is 2.08. The van der Waals surface area contributed by atoms with Crippen molar-refractivity contribution < 1.29 is 9.47 Å². The topological polar surface area (TPSA) is 88.6 Å². The fourth-order valence-corrected chi connectivity index (χ4v) is 2.72. The second kappa shape index (κ2) is 9.95. The van der Waals surface area contributed by atoms with Gasteiger partial charge in [0, 0.05) is 10.6 Å². The molecule has 0 radical (unpaired) electrons. The van der Waals surface area contributed by atoms with Gasteiger partial charge in [0.05, 0.1) is 19.0 Å². The summed E-state index contributed by atoms with van der Waals surface area (Å²) in [5, 5.41) is 10.6. The van der Waals surface area contributed by atoms with E-state index in [-0.39, 0.29) is 5.02 Å². The molecule has 0 amide bonds. The van der Waals surface area contributed by atoms with Gasteiger partial charge in [0.2, 0.25) is 0 Å². The molecule has 0 aliphatic rings. The monoisotopic (exact) mass is 432 g/mol. The van der Waals surface area contributed by atoms with E-state index in [1.165, 1.54) is 6.20 Å². The molecule has 9 heteroatoms. The quantitative estimate of drug-likeness (QED) is 0.404. The zero-order valence-electron chi connectivity index (χ0n) is 15.5. The van der Waals surface area contributed by atoms with E-state index in [2.05, 4.69) is 20.7 Å². The Hall–Kier alpha value is -3.03. The Morgan fingerprint density at radius 3 is 2.79 bits per heavy atom. The van der Waals surface area contributed by atoms with E-state index in [1.54, 1.807) is 18.3 Å². The van der Waals surface area contributed by atoms with Gasteiger partial charge < -0.3 is 9.47 Å². The van der Waals surface area contributed by atoms with Crippen LogP contribution in [0.1, 0.15) is 18.1 Å². The number of hydrogen-bond acceptors (Lipinski definition) is 6. The van der Waals surface area contributed by atoms with Crippen LogP contribution in [0.25, 0.3) is 0 Å². The molecule has 29 heavy (non-hydrogen) atoms. The van der Waals surface area contributed by atoms with Crippen molar-refractivity contribution in [3.05, 3.63) is 80.2 Å². The van der Waals surface area contributed by atoms with Gasteiger partial charge >= 0.3 is 0 Å². The molecule has 0 aliphatic heterocycles. The number of aromatic amines is 1. The minimum atomic E-state index is -0.495. The highest BCUT2D eigenvalue weighted by molar-refractivity contribution is 6.32. The molecule has 0 saturated heterocycles. The Labute approximate surface area is 177 Å². The maximum atomic E-state index is 11.4.